The summed E-state index contributed by atoms with van der Waals surface area (Å²) in [5.41, 5.74) is 0.742. The number of carbonyl (C=O) groups excluding carboxylic acids is 1. The number of halogens is 1. The number of aromatic hydroxyl groups is 2. The largest absolute Gasteiger partial charge is 0.507 e. The Labute approximate surface area is 214 Å². The quantitative estimate of drug-likeness (QED) is 0.318. The summed E-state index contributed by atoms with van der Waals surface area (Å²) in [5, 5.41) is 20.4. The van der Waals surface area contributed by atoms with Crippen molar-refractivity contribution in [3.05, 3.63) is 77.6 Å². The van der Waals surface area contributed by atoms with Gasteiger partial charge in [-0.2, -0.15) is 0 Å². The number of hydrogen-bond donors (Lipinski definition) is 2. The Balaban J connectivity index is 1.40. The molecule has 0 aromatic heterocycles. The monoisotopic (exact) mass is 529 g/mol. The van der Waals surface area contributed by atoms with E-state index in [0.29, 0.717) is 25.2 Å². The fourth-order valence-corrected chi connectivity index (χ4v) is 5.47. The van der Waals surface area contributed by atoms with Crippen LogP contribution in [0.4, 0.5) is 4.39 Å². The van der Waals surface area contributed by atoms with E-state index in [2.05, 4.69) is 4.90 Å². The van der Waals surface area contributed by atoms with E-state index in [1.807, 2.05) is 0 Å². The molecule has 0 aliphatic carbocycles. The Morgan fingerprint density at radius 2 is 1.78 bits per heavy atom. The molecule has 0 bridgehead atoms. The first-order valence-corrected chi connectivity index (χ1v) is 13.5. The third-order valence-corrected chi connectivity index (χ3v) is 7.74. The summed E-state index contributed by atoms with van der Waals surface area (Å²) < 4.78 is 50.3. The van der Waals surface area contributed by atoms with Crippen molar-refractivity contribution >= 4 is 15.8 Å². The number of sulfone groups is 1. The molecule has 3 aromatic rings. The summed E-state index contributed by atoms with van der Waals surface area (Å²) >= 11 is 0. The van der Waals surface area contributed by atoms with Crippen LogP contribution in [0.15, 0.2) is 65.6 Å². The van der Waals surface area contributed by atoms with Gasteiger partial charge in [0.1, 0.15) is 22.9 Å². The molecule has 10 heteroatoms. The van der Waals surface area contributed by atoms with E-state index in [0.717, 1.165) is 31.8 Å². The van der Waals surface area contributed by atoms with Gasteiger partial charge in [-0.3, -0.25) is 4.90 Å². The van der Waals surface area contributed by atoms with E-state index in [4.69, 9.17) is 9.47 Å². The Bertz CT molecular complexity index is 1370. The van der Waals surface area contributed by atoms with Crippen LogP contribution < -0.4 is 0 Å². The Hall–Kier alpha value is -3.47. The molecule has 1 saturated heterocycles. The van der Waals surface area contributed by atoms with Crippen LogP contribution in [-0.4, -0.2) is 69.0 Å². The van der Waals surface area contributed by atoms with Gasteiger partial charge < -0.3 is 19.7 Å². The summed E-state index contributed by atoms with van der Waals surface area (Å²) in [4.78, 5) is 14.6. The minimum absolute atomic E-state index is 0.0306. The molecular weight excluding hydrogens is 501 g/mol. The van der Waals surface area contributed by atoms with Gasteiger partial charge in [0.15, 0.2) is 9.84 Å². The van der Waals surface area contributed by atoms with Crippen LogP contribution in [0.5, 0.6) is 11.5 Å². The van der Waals surface area contributed by atoms with Crippen molar-refractivity contribution in [1.29, 1.82) is 0 Å². The van der Waals surface area contributed by atoms with Crippen LogP contribution in [0.3, 0.4) is 0 Å². The minimum atomic E-state index is -3.86. The lowest BCUT2D eigenvalue weighted by Crippen LogP contribution is -2.37. The first-order chi connectivity index (χ1) is 17.7. The lowest BCUT2D eigenvalue weighted by molar-refractivity contribution is 0.0297. The van der Waals surface area contributed by atoms with E-state index in [1.165, 1.54) is 42.5 Å². The van der Waals surface area contributed by atoms with Crippen molar-refractivity contribution in [1.82, 2.24) is 4.90 Å². The van der Waals surface area contributed by atoms with E-state index >= 15 is 0 Å². The third-order valence-electron chi connectivity index (χ3n) is 6.06. The molecule has 196 valence electrons. The number of ether oxygens (including phenoxy) is 2. The topological polar surface area (TPSA) is 113 Å². The van der Waals surface area contributed by atoms with Gasteiger partial charge in [0, 0.05) is 25.2 Å². The number of esters is 1. The van der Waals surface area contributed by atoms with Gasteiger partial charge >= 0.3 is 5.97 Å². The van der Waals surface area contributed by atoms with Gasteiger partial charge in [0.2, 0.25) is 0 Å². The molecule has 8 nitrogen and oxygen atoms in total. The third kappa shape index (κ3) is 6.85. The lowest BCUT2D eigenvalue weighted by atomic mass is 10.0. The first kappa shape index (κ1) is 26.6. The van der Waals surface area contributed by atoms with Crippen LogP contribution in [0, 0.1) is 5.82 Å². The predicted molar refractivity (Wildman–Crippen MR) is 135 cm³/mol. The van der Waals surface area contributed by atoms with Crippen molar-refractivity contribution in [3.63, 3.8) is 0 Å². The van der Waals surface area contributed by atoms with E-state index in [-0.39, 0.29) is 39.7 Å². The van der Waals surface area contributed by atoms with Gasteiger partial charge in [0.25, 0.3) is 0 Å². The molecule has 2 N–H and O–H groups in total. The smallest absolute Gasteiger partial charge is 0.341 e. The highest BCUT2D eigenvalue weighted by Crippen LogP contribution is 2.32. The Kier molecular flexibility index (Phi) is 8.42. The van der Waals surface area contributed by atoms with Gasteiger partial charge in [-0.15, -0.1) is 0 Å². The summed E-state index contributed by atoms with van der Waals surface area (Å²) in [6.07, 6.45) is 0.648. The molecule has 1 heterocycles. The second-order valence-corrected chi connectivity index (χ2v) is 10.7. The molecule has 0 radical (unpaired) electrons. The normalized spacial score (nSPS) is 14.4. The molecule has 0 saturated carbocycles. The highest BCUT2D eigenvalue weighted by molar-refractivity contribution is 7.90. The highest BCUT2D eigenvalue weighted by Gasteiger charge is 2.20. The first-order valence-electron chi connectivity index (χ1n) is 11.8. The zero-order valence-corrected chi connectivity index (χ0v) is 20.9. The predicted octanol–water partition coefficient (Wildman–Crippen LogP) is 3.76. The molecule has 1 aliphatic rings. The van der Waals surface area contributed by atoms with Crippen molar-refractivity contribution in [2.24, 2.45) is 0 Å². The van der Waals surface area contributed by atoms with Crippen molar-refractivity contribution in [2.75, 3.05) is 39.5 Å². The van der Waals surface area contributed by atoms with Gasteiger partial charge in [0.05, 0.1) is 30.5 Å². The molecule has 0 amide bonds. The highest BCUT2D eigenvalue weighted by atomic mass is 32.2. The average molecular weight is 530 g/mol. The molecule has 1 fully saturated rings. The standard InChI is InChI=1S/C27H28FNO7S/c28-21-6-8-25(30)24(17-21)20-3-1-4-22(16-20)37(33,34)18-19-5-7-23(26(31)15-19)27(32)36-12-2-9-29-10-13-35-14-11-29/h1,3-8,15-17,30-31H,2,9-14,18H2. The van der Waals surface area contributed by atoms with Crippen molar-refractivity contribution < 1.29 is 37.3 Å². The minimum Gasteiger partial charge on any atom is -0.507 e. The number of phenolic OH excluding ortho intramolecular Hbond substituents is 2. The van der Waals surface area contributed by atoms with Crippen LogP contribution in [0.1, 0.15) is 22.3 Å². The van der Waals surface area contributed by atoms with Gasteiger partial charge in [-0.1, -0.05) is 18.2 Å². The number of carbonyl (C=O) groups is 1. The number of hydrogen-bond acceptors (Lipinski definition) is 8. The zero-order chi connectivity index (χ0) is 26.4. The lowest BCUT2D eigenvalue weighted by Gasteiger charge is -2.26. The molecule has 4 rings (SSSR count). The maximum Gasteiger partial charge on any atom is 0.341 e. The van der Waals surface area contributed by atoms with E-state index in [1.54, 1.807) is 6.07 Å². The van der Waals surface area contributed by atoms with Crippen LogP contribution in [0.25, 0.3) is 11.1 Å². The number of phenols is 2. The summed E-state index contributed by atoms with van der Waals surface area (Å²) in [5.74, 6) is -2.23. The summed E-state index contributed by atoms with van der Waals surface area (Å²) in [7, 11) is -3.86. The van der Waals surface area contributed by atoms with E-state index < -0.39 is 27.4 Å². The number of nitrogens with zero attached hydrogens (tertiary/aromatic N) is 1. The maximum absolute atomic E-state index is 13.7. The van der Waals surface area contributed by atoms with Crippen molar-refractivity contribution in [3.8, 4) is 22.6 Å². The van der Waals surface area contributed by atoms with Gasteiger partial charge in [-0.05, 0) is 60.0 Å². The summed E-state index contributed by atoms with van der Waals surface area (Å²) in [6.45, 7) is 4.05. The summed E-state index contributed by atoms with van der Waals surface area (Å²) in [6, 6.07) is 13.3. The van der Waals surface area contributed by atoms with Gasteiger partial charge in [-0.25, -0.2) is 17.6 Å². The SMILES string of the molecule is O=C(OCCCN1CCOCC1)c1ccc(CS(=O)(=O)c2cccc(-c3cc(F)ccc3O)c2)cc1O. The number of benzene rings is 3. The number of rotatable bonds is 9. The molecule has 3 aromatic carbocycles. The Morgan fingerprint density at radius 3 is 2.54 bits per heavy atom. The van der Waals surface area contributed by atoms with Crippen LogP contribution in [0.2, 0.25) is 0 Å². The molecule has 0 unspecified atom stereocenters. The molecular formula is C27H28FNO7S. The fourth-order valence-electron chi connectivity index (χ4n) is 4.09. The second-order valence-electron chi connectivity index (χ2n) is 8.74. The molecule has 1 aliphatic heterocycles. The number of morpholine rings is 1. The molecule has 0 spiro atoms. The molecule has 0 atom stereocenters. The fraction of sp³-hybridized carbons (Fsp3) is 0.296. The maximum atomic E-state index is 13.7. The zero-order valence-electron chi connectivity index (χ0n) is 20.1. The second kappa shape index (κ2) is 11.7. The van der Waals surface area contributed by atoms with Crippen LogP contribution in [-0.2, 0) is 25.1 Å². The van der Waals surface area contributed by atoms with Crippen molar-refractivity contribution in [2.45, 2.75) is 17.1 Å². The molecule has 37 heavy (non-hydrogen) atoms. The average Bonchev–Trinajstić information content (AvgIpc) is 2.88. The Morgan fingerprint density at radius 1 is 1.00 bits per heavy atom. The van der Waals surface area contributed by atoms with E-state index in [9.17, 15) is 27.8 Å². The van der Waals surface area contributed by atoms with Crippen LogP contribution >= 0.6 is 0 Å².